The molecule has 2 aromatic heterocycles. The molecular formula is C14H19FN4O2. The average molecular weight is 294 g/mol. The second-order valence-corrected chi connectivity index (χ2v) is 5.81. The van der Waals surface area contributed by atoms with E-state index in [1.54, 1.807) is 18.7 Å². The molecule has 0 amide bonds. The lowest BCUT2D eigenvalue weighted by Crippen LogP contribution is -2.37. The molecule has 2 atom stereocenters. The van der Waals surface area contributed by atoms with Gasteiger partial charge in [-0.1, -0.05) is 12.8 Å². The zero-order chi connectivity index (χ0) is 15.3. The SMILES string of the molecule is Cn1c(=O)c2c(nc([C@H]3CCCC[C@@H]3F)n2C)n(C)c1=O. The first kappa shape index (κ1) is 14.0. The maximum absolute atomic E-state index is 14.2. The number of fused-ring (bicyclic) bond motifs is 1. The van der Waals surface area contributed by atoms with Crippen molar-refractivity contribution in [3.8, 4) is 0 Å². The van der Waals surface area contributed by atoms with Gasteiger partial charge < -0.3 is 4.57 Å². The molecule has 1 aliphatic rings. The molecule has 6 nitrogen and oxygen atoms in total. The minimum absolute atomic E-state index is 0.295. The van der Waals surface area contributed by atoms with Crippen molar-refractivity contribution in [2.45, 2.75) is 37.8 Å². The first-order valence-electron chi connectivity index (χ1n) is 7.20. The van der Waals surface area contributed by atoms with Crippen molar-refractivity contribution in [3.63, 3.8) is 0 Å². The summed E-state index contributed by atoms with van der Waals surface area (Å²) in [5, 5.41) is 0. The summed E-state index contributed by atoms with van der Waals surface area (Å²) in [6, 6.07) is 0. The minimum Gasteiger partial charge on any atom is -0.325 e. The number of aryl methyl sites for hydroxylation is 2. The normalized spacial score (nSPS) is 22.9. The Morgan fingerprint density at radius 3 is 2.38 bits per heavy atom. The van der Waals surface area contributed by atoms with Crippen LogP contribution < -0.4 is 11.2 Å². The van der Waals surface area contributed by atoms with Crippen LogP contribution in [0.5, 0.6) is 0 Å². The fraction of sp³-hybridized carbons (Fsp3) is 0.643. The van der Waals surface area contributed by atoms with Gasteiger partial charge in [0, 0.05) is 27.1 Å². The summed E-state index contributed by atoms with van der Waals surface area (Å²) in [5.74, 6) is 0.270. The van der Waals surface area contributed by atoms with Crippen LogP contribution in [-0.4, -0.2) is 24.9 Å². The summed E-state index contributed by atoms with van der Waals surface area (Å²) in [4.78, 5) is 28.7. The van der Waals surface area contributed by atoms with Gasteiger partial charge in [0.05, 0.1) is 0 Å². The Labute approximate surface area is 120 Å². The van der Waals surface area contributed by atoms with E-state index in [1.165, 1.54) is 11.6 Å². The van der Waals surface area contributed by atoms with Crippen molar-refractivity contribution in [1.29, 1.82) is 0 Å². The van der Waals surface area contributed by atoms with Gasteiger partial charge in [-0.2, -0.15) is 0 Å². The summed E-state index contributed by atoms with van der Waals surface area (Å²) in [6.45, 7) is 0. The molecule has 0 aliphatic heterocycles. The standard InChI is InChI=1S/C14H19FN4O2/c1-17-10-12(18(2)14(21)19(3)13(10)20)16-11(17)8-6-4-5-7-9(8)15/h8-9H,4-7H2,1-3H3/t8-,9-/m0/s1. The monoisotopic (exact) mass is 294 g/mol. The fourth-order valence-corrected chi connectivity index (χ4v) is 3.24. The fourth-order valence-electron chi connectivity index (χ4n) is 3.24. The first-order valence-corrected chi connectivity index (χ1v) is 7.20. The van der Waals surface area contributed by atoms with Crippen molar-refractivity contribution in [2.24, 2.45) is 21.1 Å². The molecule has 7 heteroatoms. The molecule has 0 radical (unpaired) electrons. The third-order valence-electron chi connectivity index (χ3n) is 4.52. The van der Waals surface area contributed by atoms with Crippen molar-refractivity contribution in [2.75, 3.05) is 0 Å². The number of aromatic nitrogens is 4. The van der Waals surface area contributed by atoms with Crippen LogP contribution in [0.25, 0.3) is 11.2 Å². The first-order chi connectivity index (χ1) is 9.93. The number of nitrogens with zero attached hydrogens (tertiary/aromatic N) is 4. The lowest BCUT2D eigenvalue weighted by molar-refractivity contribution is 0.208. The Hall–Kier alpha value is -1.92. The van der Waals surface area contributed by atoms with Gasteiger partial charge in [-0.25, -0.2) is 14.2 Å². The minimum atomic E-state index is -0.935. The Bertz CT molecular complexity index is 817. The number of halogens is 1. The molecule has 0 N–H and O–H groups in total. The number of hydrogen-bond donors (Lipinski definition) is 0. The van der Waals surface area contributed by atoms with Gasteiger partial charge >= 0.3 is 5.69 Å². The molecule has 0 spiro atoms. The van der Waals surface area contributed by atoms with Crippen molar-refractivity contribution < 1.29 is 4.39 Å². The summed E-state index contributed by atoms with van der Waals surface area (Å²) < 4.78 is 18.2. The lowest BCUT2D eigenvalue weighted by Gasteiger charge is -2.25. The summed E-state index contributed by atoms with van der Waals surface area (Å²) in [5.41, 5.74) is -0.121. The van der Waals surface area contributed by atoms with Gasteiger partial charge in [0.15, 0.2) is 11.2 Å². The number of rotatable bonds is 1. The highest BCUT2D eigenvalue weighted by Crippen LogP contribution is 2.35. The zero-order valence-corrected chi connectivity index (χ0v) is 12.5. The highest BCUT2D eigenvalue weighted by atomic mass is 19.1. The maximum Gasteiger partial charge on any atom is 0.332 e. The molecule has 114 valence electrons. The van der Waals surface area contributed by atoms with Crippen LogP contribution in [-0.2, 0) is 21.1 Å². The number of hydrogen-bond acceptors (Lipinski definition) is 3. The van der Waals surface area contributed by atoms with Crippen LogP contribution >= 0.6 is 0 Å². The van der Waals surface area contributed by atoms with Crippen LogP contribution in [0.4, 0.5) is 4.39 Å². The van der Waals surface area contributed by atoms with E-state index < -0.39 is 11.9 Å². The predicted molar refractivity (Wildman–Crippen MR) is 77.3 cm³/mol. The molecule has 2 aromatic rings. The van der Waals surface area contributed by atoms with Crippen LogP contribution in [0, 0.1) is 0 Å². The van der Waals surface area contributed by atoms with E-state index in [-0.39, 0.29) is 11.5 Å². The summed E-state index contributed by atoms with van der Waals surface area (Å²) in [7, 11) is 4.74. The number of imidazole rings is 1. The molecule has 21 heavy (non-hydrogen) atoms. The molecule has 1 aliphatic carbocycles. The van der Waals surface area contributed by atoms with E-state index in [9.17, 15) is 14.0 Å². The molecule has 2 heterocycles. The molecule has 0 unspecified atom stereocenters. The average Bonchev–Trinajstić information content (AvgIpc) is 2.81. The van der Waals surface area contributed by atoms with Gasteiger partial charge in [0.1, 0.15) is 12.0 Å². The third kappa shape index (κ3) is 1.94. The lowest BCUT2D eigenvalue weighted by atomic mass is 9.87. The molecule has 0 bridgehead atoms. The Morgan fingerprint density at radius 1 is 1.05 bits per heavy atom. The smallest absolute Gasteiger partial charge is 0.325 e. The van der Waals surface area contributed by atoms with Crippen LogP contribution in [0.2, 0.25) is 0 Å². The summed E-state index contributed by atoms with van der Waals surface area (Å²) in [6.07, 6.45) is 2.18. The maximum atomic E-state index is 14.2. The topological polar surface area (TPSA) is 61.8 Å². The van der Waals surface area contributed by atoms with Gasteiger partial charge in [-0.3, -0.25) is 13.9 Å². The molecule has 1 fully saturated rings. The zero-order valence-electron chi connectivity index (χ0n) is 12.5. The van der Waals surface area contributed by atoms with Gasteiger partial charge in [0.25, 0.3) is 5.56 Å². The highest BCUT2D eigenvalue weighted by Gasteiger charge is 2.31. The van der Waals surface area contributed by atoms with Gasteiger partial charge in [-0.15, -0.1) is 0 Å². The second-order valence-electron chi connectivity index (χ2n) is 5.81. The van der Waals surface area contributed by atoms with E-state index in [0.29, 0.717) is 23.4 Å². The van der Waals surface area contributed by atoms with Crippen LogP contribution in [0.15, 0.2) is 9.59 Å². The molecule has 1 saturated carbocycles. The molecular weight excluding hydrogens is 275 g/mol. The molecule has 0 aromatic carbocycles. The van der Waals surface area contributed by atoms with Crippen molar-refractivity contribution in [1.82, 2.24) is 18.7 Å². The Kier molecular flexibility index (Phi) is 3.22. The van der Waals surface area contributed by atoms with E-state index in [1.807, 2.05) is 0 Å². The molecule has 0 saturated heterocycles. The van der Waals surface area contributed by atoms with E-state index >= 15 is 0 Å². The third-order valence-corrected chi connectivity index (χ3v) is 4.52. The Balaban J connectivity index is 2.30. The van der Waals surface area contributed by atoms with Gasteiger partial charge in [0.2, 0.25) is 0 Å². The highest BCUT2D eigenvalue weighted by molar-refractivity contribution is 5.71. The van der Waals surface area contributed by atoms with E-state index in [2.05, 4.69) is 4.98 Å². The van der Waals surface area contributed by atoms with Crippen LogP contribution in [0.3, 0.4) is 0 Å². The van der Waals surface area contributed by atoms with Crippen LogP contribution in [0.1, 0.15) is 37.4 Å². The quantitative estimate of drug-likeness (QED) is 0.787. The van der Waals surface area contributed by atoms with Crippen molar-refractivity contribution >= 4 is 11.2 Å². The molecule has 3 rings (SSSR count). The van der Waals surface area contributed by atoms with Gasteiger partial charge in [-0.05, 0) is 12.8 Å². The second kappa shape index (κ2) is 4.82. The Morgan fingerprint density at radius 2 is 1.71 bits per heavy atom. The van der Waals surface area contributed by atoms with Crippen molar-refractivity contribution in [3.05, 3.63) is 26.7 Å². The van der Waals surface area contributed by atoms with E-state index in [0.717, 1.165) is 23.8 Å². The predicted octanol–water partition coefficient (Wildman–Crippen LogP) is 0.966. The summed E-state index contributed by atoms with van der Waals surface area (Å²) >= 11 is 0. The largest absolute Gasteiger partial charge is 0.332 e. The van der Waals surface area contributed by atoms with E-state index in [4.69, 9.17) is 0 Å². The number of alkyl halides is 1.